The van der Waals surface area contributed by atoms with Gasteiger partial charge in [-0.05, 0) is 59.9 Å². The minimum absolute atomic E-state index is 0.173. The molecule has 1 unspecified atom stereocenters. The Kier molecular flexibility index (Phi) is 11.2. The molecule has 5 heterocycles. The van der Waals surface area contributed by atoms with E-state index in [9.17, 15) is 19.2 Å². The fraction of sp³-hybridized carbons (Fsp3) is 0.375. The molecular weight excluding hydrogens is 717 g/mol. The van der Waals surface area contributed by atoms with Crippen LogP contribution in [0.15, 0.2) is 79.4 Å². The van der Waals surface area contributed by atoms with E-state index in [0.29, 0.717) is 24.7 Å². The number of amides is 4. The van der Waals surface area contributed by atoms with Gasteiger partial charge in [0, 0.05) is 25.5 Å². The zero-order valence-corrected chi connectivity index (χ0v) is 31.6. The number of benzene rings is 2. The molecule has 0 radical (unpaired) electrons. The number of alkyl carbamates (subject to hydrolysis) is 1. The molecule has 2 aliphatic heterocycles. The molecule has 4 atom stereocenters. The fourth-order valence-corrected chi connectivity index (χ4v) is 7.56. The van der Waals surface area contributed by atoms with Crippen molar-refractivity contribution in [3.05, 3.63) is 91.0 Å². The summed E-state index contributed by atoms with van der Waals surface area (Å²) in [7, 11) is 1.27. The van der Waals surface area contributed by atoms with E-state index in [1.54, 1.807) is 45.3 Å². The Hall–Kier alpha value is -6.45. The lowest BCUT2D eigenvalue weighted by Gasteiger charge is -2.29. The molecule has 292 valence electrons. The van der Waals surface area contributed by atoms with Gasteiger partial charge in [0.1, 0.15) is 17.7 Å². The molecule has 2 saturated heterocycles. The van der Waals surface area contributed by atoms with Crippen molar-refractivity contribution in [1.29, 1.82) is 0 Å². The van der Waals surface area contributed by atoms with E-state index in [1.165, 1.54) is 7.11 Å². The molecule has 5 aromatic rings. The second-order valence-electron chi connectivity index (χ2n) is 14.4. The maximum absolute atomic E-state index is 13.8. The van der Waals surface area contributed by atoms with Crippen molar-refractivity contribution in [1.82, 2.24) is 44.8 Å². The van der Waals surface area contributed by atoms with Crippen LogP contribution in [0.1, 0.15) is 63.3 Å². The van der Waals surface area contributed by atoms with Crippen LogP contribution in [0, 0.1) is 5.92 Å². The van der Waals surface area contributed by atoms with Crippen LogP contribution < -0.4 is 11.1 Å². The molecule has 0 aliphatic carbocycles. The van der Waals surface area contributed by atoms with Crippen molar-refractivity contribution < 1.29 is 28.7 Å². The number of carbonyl (C=O) groups excluding carboxylic acids is 4. The highest BCUT2D eigenvalue weighted by Gasteiger charge is 2.39. The number of nitrogens with zero attached hydrogens (tertiary/aromatic N) is 6. The number of aromatic amines is 2. The first-order valence-corrected chi connectivity index (χ1v) is 18.8. The predicted molar refractivity (Wildman–Crippen MR) is 205 cm³/mol. The smallest absolute Gasteiger partial charge is 0.407 e. The zero-order chi connectivity index (χ0) is 39.3. The van der Waals surface area contributed by atoms with Crippen LogP contribution in [0.5, 0.6) is 0 Å². The summed E-state index contributed by atoms with van der Waals surface area (Å²) in [5.41, 5.74) is 10.9. The molecule has 16 nitrogen and oxygen atoms in total. The fourth-order valence-electron chi connectivity index (χ4n) is 7.56. The molecule has 0 bridgehead atoms. The lowest BCUT2D eigenvalue weighted by Crippen LogP contribution is -2.50. The van der Waals surface area contributed by atoms with Crippen LogP contribution in [0.4, 0.5) is 9.59 Å². The SMILES string of the molecule is COC(=O)N[C@@H](Cn1cccn1)C(=O)N1CCCC1c1ncc(-c2ccc(-c3ccc(-c4cnc([C@@H]5CCCN5C(=O)[C@@H](OC(N)=O)C(C)C)[nH]4)cc3)cc2)[nH]1. The van der Waals surface area contributed by atoms with E-state index in [1.807, 2.05) is 38.1 Å². The van der Waals surface area contributed by atoms with Gasteiger partial charge in [-0.3, -0.25) is 14.3 Å². The van der Waals surface area contributed by atoms with E-state index in [-0.39, 0.29) is 36.4 Å². The molecule has 0 saturated carbocycles. The van der Waals surface area contributed by atoms with E-state index < -0.39 is 24.3 Å². The topological polar surface area (TPSA) is 206 Å². The van der Waals surface area contributed by atoms with Gasteiger partial charge in [-0.15, -0.1) is 0 Å². The number of primary amides is 1. The summed E-state index contributed by atoms with van der Waals surface area (Å²) < 4.78 is 11.6. The summed E-state index contributed by atoms with van der Waals surface area (Å²) in [6.45, 7) is 4.91. The Balaban J connectivity index is 1.00. The van der Waals surface area contributed by atoms with Crippen LogP contribution >= 0.6 is 0 Å². The Morgan fingerprint density at radius 1 is 0.821 bits per heavy atom. The maximum Gasteiger partial charge on any atom is 0.407 e. The maximum atomic E-state index is 13.8. The monoisotopic (exact) mass is 762 g/mol. The number of carbonyl (C=O) groups is 4. The average molecular weight is 763 g/mol. The van der Waals surface area contributed by atoms with Crippen molar-refractivity contribution in [2.45, 2.75) is 70.3 Å². The van der Waals surface area contributed by atoms with Gasteiger partial charge in [-0.2, -0.15) is 5.10 Å². The minimum atomic E-state index is -0.966. The third kappa shape index (κ3) is 8.13. The van der Waals surface area contributed by atoms with Crippen molar-refractivity contribution in [2.24, 2.45) is 11.7 Å². The number of hydrogen-bond acceptors (Lipinski definition) is 9. The quantitative estimate of drug-likeness (QED) is 0.132. The molecule has 2 aliphatic rings. The van der Waals surface area contributed by atoms with Crippen molar-refractivity contribution in [3.63, 3.8) is 0 Å². The van der Waals surface area contributed by atoms with Crippen LogP contribution in [-0.2, 0) is 25.6 Å². The van der Waals surface area contributed by atoms with Crippen LogP contribution in [-0.4, -0.2) is 95.9 Å². The number of aromatic nitrogens is 6. The average Bonchev–Trinajstić information content (AvgIpc) is 4.05. The second-order valence-corrected chi connectivity index (χ2v) is 14.4. The molecule has 4 amide bonds. The number of hydrogen-bond donors (Lipinski definition) is 4. The lowest BCUT2D eigenvalue weighted by atomic mass is 10.0. The predicted octanol–water partition coefficient (Wildman–Crippen LogP) is 5.20. The molecule has 16 heteroatoms. The van der Waals surface area contributed by atoms with Crippen molar-refractivity contribution in [3.8, 4) is 33.6 Å². The van der Waals surface area contributed by atoms with Crippen molar-refractivity contribution >= 4 is 24.0 Å². The Bertz CT molecular complexity index is 2140. The molecule has 5 N–H and O–H groups in total. The lowest BCUT2D eigenvalue weighted by molar-refractivity contribution is -0.143. The van der Waals surface area contributed by atoms with E-state index in [2.05, 4.69) is 54.6 Å². The zero-order valence-electron chi connectivity index (χ0n) is 31.6. The molecule has 2 fully saturated rings. The summed E-state index contributed by atoms with van der Waals surface area (Å²) in [5, 5.41) is 6.86. The highest BCUT2D eigenvalue weighted by Crippen LogP contribution is 2.35. The number of nitrogens with one attached hydrogen (secondary N) is 3. The first-order valence-electron chi connectivity index (χ1n) is 18.8. The van der Waals surface area contributed by atoms with Crippen molar-refractivity contribution in [2.75, 3.05) is 20.2 Å². The molecule has 7 rings (SSSR count). The first kappa shape index (κ1) is 37.8. The summed E-state index contributed by atoms with van der Waals surface area (Å²) in [5.74, 6) is 0.660. The van der Waals surface area contributed by atoms with Gasteiger partial charge in [0.15, 0.2) is 6.10 Å². The van der Waals surface area contributed by atoms with Gasteiger partial charge in [0.2, 0.25) is 5.91 Å². The normalized spacial score (nSPS) is 17.9. The Labute approximate surface area is 323 Å². The van der Waals surface area contributed by atoms with E-state index >= 15 is 0 Å². The molecule has 0 spiro atoms. The summed E-state index contributed by atoms with van der Waals surface area (Å²) in [4.78, 5) is 70.3. The summed E-state index contributed by atoms with van der Waals surface area (Å²) in [6, 6.07) is 16.7. The highest BCUT2D eigenvalue weighted by molar-refractivity contribution is 5.86. The van der Waals surface area contributed by atoms with E-state index in [4.69, 9.17) is 15.2 Å². The van der Waals surface area contributed by atoms with E-state index in [0.717, 1.165) is 59.3 Å². The third-order valence-electron chi connectivity index (χ3n) is 10.4. The number of nitrogens with two attached hydrogens (primary N) is 1. The van der Waals surface area contributed by atoms with Gasteiger partial charge < -0.3 is 40.3 Å². The van der Waals surface area contributed by atoms with Gasteiger partial charge >= 0.3 is 12.2 Å². The summed E-state index contributed by atoms with van der Waals surface area (Å²) in [6.07, 6.45) is 7.44. The van der Waals surface area contributed by atoms with Gasteiger partial charge in [0.25, 0.3) is 5.91 Å². The molecular formula is C40H46N10O6. The number of likely N-dealkylation sites (tertiary alicyclic amines) is 2. The standard InChI is InChI=1S/C40H46N10O6/c1-24(2)34(56-39(41)53)38(52)50-20-5-8-33(50)36-43-22-30(46-36)28-15-11-26(12-16-28)25-9-13-27(14-10-25)29-21-42-35(45-29)32-7-4-19-49(32)37(51)31(47-40(54)55-3)23-48-18-6-17-44-48/h6,9-18,21-22,24,31-34H,4-5,7-8,19-20,23H2,1-3H3,(H2,41,53)(H,42,45)(H,43,46)(H,47,54)/t31-,32?,33-,34-/m0/s1. The highest BCUT2D eigenvalue weighted by atomic mass is 16.6. The van der Waals surface area contributed by atoms with Gasteiger partial charge in [-0.1, -0.05) is 62.4 Å². The Morgan fingerprint density at radius 3 is 1.80 bits per heavy atom. The first-order chi connectivity index (χ1) is 27.1. The van der Waals surface area contributed by atoms with Crippen LogP contribution in [0.3, 0.4) is 0 Å². The van der Waals surface area contributed by atoms with Crippen LogP contribution in [0.2, 0.25) is 0 Å². The third-order valence-corrected chi connectivity index (χ3v) is 10.4. The number of ether oxygens (including phenoxy) is 2. The molecule has 3 aromatic heterocycles. The minimum Gasteiger partial charge on any atom is -0.453 e. The second kappa shape index (κ2) is 16.5. The molecule has 56 heavy (non-hydrogen) atoms. The number of imidazole rings is 2. The number of methoxy groups -OCH3 is 1. The van der Waals surface area contributed by atoms with Gasteiger partial charge in [0.05, 0.1) is 49.5 Å². The number of H-pyrrole nitrogens is 2. The van der Waals surface area contributed by atoms with Crippen LogP contribution in [0.25, 0.3) is 33.6 Å². The van der Waals surface area contributed by atoms with Gasteiger partial charge in [-0.25, -0.2) is 19.6 Å². The molecule has 2 aromatic carbocycles. The summed E-state index contributed by atoms with van der Waals surface area (Å²) >= 11 is 0. The largest absolute Gasteiger partial charge is 0.453 e. The number of rotatable bonds is 12. The Morgan fingerprint density at radius 2 is 1.34 bits per heavy atom.